The van der Waals surface area contributed by atoms with Crippen molar-refractivity contribution in [2.45, 2.75) is 45.4 Å². The van der Waals surface area contributed by atoms with Crippen LogP contribution in [0, 0.1) is 0 Å². The average Bonchev–Trinajstić information content (AvgIpc) is 2.98. The lowest BCUT2D eigenvalue weighted by Gasteiger charge is -2.30. The van der Waals surface area contributed by atoms with Gasteiger partial charge in [-0.3, -0.25) is 4.57 Å². The molecule has 0 radical (unpaired) electrons. The van der Waals surface area contributed by atoms with E-state index in [2.05, 4.69) is 58.4 Å². The van der Waals surface area contributed by atoms with Crippen LogP contribution in [0.15, 0.2) is 36.7 Å². The van der Waals surface area contributed by atoms with E-state index in [1.165, 1.54) is 17.2 Å². The van der Waals surface area contributed by atoms with E-state index in [-0.39, 0.29) is 0 Å². The maximum absolute atomic E-state index is 5.89. The van der Waals surface area contributed by atoms with Gasteiger partial charge in [0.15, 0.2) is 0 Å². The van der Waals surface area contributed by atoms with Crippen molar-refractivity contribution in [2.24, 2.45) is 0 Å². The summed E-state index contributed by atoms with van der Waals surface area (Å²) in [6, 6.07) is 9.90. The van der Waals surface area contributed by atoms with Crippen LogP contribution in [-0.4, -0.2) is 30.8 Å². The summed E-state index contributed by atoms with van der Waals surface area (Å²) >= 11 is 0. The lowest BCUT2D eigenvalue weighted by Crippen LogP contribution is -2.32. The first-order valence-electron chi connectivity index (χ1n) is 8.43. The van der Waals surface area contributed by atoms with Gasteiger partial charge in [-0.2, -0.15) is 0 Å². The number of imidazole rings is 1. The normalized spacial score (nSPS) is 14.8. The van der Waals surface area contributed by atoms with E-state index in [4.69, 9.17) is 4.74 Å². The van der Waals surface area contributed by atoms with E-state index in [1.54, 1.807) is 0 Å². The fraction of sp³-hybridized carbons (Fsp3) is 0.500. The van der Waals surface area contributed by atoms with Crippen LogP contribution in [-0.2, 0) is 24.4 Å². The molecule has 0 N–H and O–H groups in total. The van der Waals surface area contributed by atoms with Gasteiger partial charge in [-0.1, -0.05) is 43.9 Å². The average molecular weight is 330 g/mol. The minimum Gasteiger partial charge on any atom is -0.361 e. The second-order valence-corrected chi connectivity index (χ2v) is 13.1. The number of nitrogens with zero attached hydrogens (tertiary/aromatic N) is 3. The van der Waals surface area contributed by atoms with Crippen LogP contribution in [0.25, 0.3) is 0 Å². The summed E-state index contributed by atoms with van der Waals surface area (Å²) in [4.78, 5) is 6.91. The second kappa shape index (κ2) is 6.89. The third-order valence-electron chi connectivity index (χ3n) is 4.33. The first-order valence-corrected chi connectivity index (χ1v) is 12.1. The molecule has 23 heavy (non-hydrogen) atoms. The van der Waals surface area contributed by atoms with E-state index in [1.807, 2.05) is 12.4 Å². The number of aromatic nitrogens is 2. The lowest BCUT2D eigenvalue weighted by atomic mass is 10.0. The topological polar surface area (TPSA) is 30.3 Å². The van der Waals surface area contributed by atoms with Crippen LogP contribution in [0.2, 0.25) is 25.7 Å². The first-order chi connectivity index (χ1) is 11.0. The molecule has 0 bridgehead atoms. The summed E-state index contributed by atoms with van der Waals surface area (Å²) in [7, 11) is -1.03. The zero-order valence-corrected chi connectivity index (χ0v) is 15.5. The zero-order chi connectivity index (χ0) is 16.3. The molecule has 2 aromatic rings. The van der Waals surface area contributed by atoms with Gasteiger partial charge in [0.25, 0.3) is 0 Å². The molecule has 4 nitrogen and oxygen atoms in total. The summed E-state index contributed by atoms with van der Waals surface area (Å²) in [5.41, 5.74) is 2.88. The third kappa shape index (κ3) is 4.23. The molecule has 0 atom stereocenters. The van der Waals surface area contributed by atoms with Crippen molar-refractivity contribution < 1.29 is 4.74 Å². The Labute approximate surface area is 140 Å². The highest BCUT2D eigenvalue weighted by atomic mass is 28.3. The van der Waals surface area contributed by atoms with Gasteiger partial charge in [-0.15, -0.1) is 0 Å². The number of ether oxygens (including phenoxy) is 1. The van der Waals surface area contributed by atoms with Crippen LogP contribution in [0.3, 0.4) is 0 Å². The van der Waals surface area contributed by atoms with Crippen LogP contribution in [0.5, 0.6) is 0 Å². The summed E-state index contributed by atoms with van der Waals surface area (Å²) < 4.78 is 8.01. The van der Waals surface area contributed by atoms with Gasteiger partial charge in [0.2, 0.25) is 5.95 Å². The number of hydrogen-bond acceptors (Lipinski definition) is 3. The Balaban J connectivity index is 1.61. The number of benzene rings is 1. The van der Waals surface area contributed by atoms with Crippen LogP contribution >= 0.6 is 0 Å². The smallest absolute Gasteiger partial charge is 0.207 e. The van der Waals surface area contributed by atoms with Crippen molar-refractivity contribution in [3.8, 4) is 0 Å². The van der Waals surface area contributed by atoms with Crippen molar-refractivity contribution in [3.63, 3.8) is 0 Å². The van der Waals surface area contributed by atoms with E-state index in [0.29, 0.717) is 6.73 Å². The summed E-state index contributed by atoms with van der Waals surface area (Å²) in [6.45, 7) is 10.5. The van der Waals surface area contributed by atoms with Gasteiger partial charge in [-0.25, -0.2) is 4.98 Å². The molecule has 1 aliphatic rings. The fourth-order valence-corrected chi connectivity index (χ4v) is 3.65. The molecule has 124 valence electrons. The summed E-state index contributed by atoms with van der Waals surface area (Å²) in [5, 5.41) is 0. The van der Waals surface area contributed by atoms with E-state index >= 15 is 0 Å². The Morgan fingerprint density at radius 2 is 1.96 bits per heavy atom. The van der Waals surface area contributed by atoms with Gasteiger partial charge in [0.05, 0.1) is 0 Å². The Morgan fingerprint density at radius 1 is 1.17 bits per heavy atom. The molecule has 0 aliphatic carbocycles. The highest BCUT2D eigenvalue weighted by Gasteiger charge is 2.19. The molecule has 0 fully saturated rings. The maximum atomic E-state index is 5.89. The monoisotopic (exact) mass is 329 g/mol. The van der Waals surface area contributed by atoms with Gasteiger partial charge in [0.1, 0.15) is 6.73 Å². The molecule has 1 aromatic heterocycles. The maximum Gasteiger partial charge on any atom is 0.207 e. The Morgan fingerprint density at radius 3 is 2.74 bits per heavy atom. The van der Waals surface area contributed by atoms with E-state index in [9.17, 15) is 0 Å². The van der Waals surface area contributed by atoms with Crippen molar-refractivity contribution in [1.82, 2.24) is 9.55 Å². The quantitative estimate of drug-likeness (QED) is 0.597. The van der Waals surface area contributed by atoms with Crippen LogP contribution in [0.1, 0.15) is 11.1 Å². The molecule has 0 spiro atoms. The van der Waals surface area contributed by atoms with Crippen LogP contribution < -0.4 is 4.90 Å². The molecule has 0 saturated carbocycles. The fourth-order valence-electron chi connectivity index (χ4n) is 2.89. The van der Waals surface area contributed by atoms with Gasteiger partial charge in [0, 0.05) is 40.2 Å². The first kappa shape index (κ1) is 16.3. The minimum atomic E-state index is -1.03. The summed E-state index contributed by atoms with van der Waals surface area (Å²) in [5.74, 6) is 1.02. The Bertz CT molecular complexity index is 648. The van der Waals surface area contributed by atoms with Crippen molar-refractivity contribution in [1.29, 1.82) is 0 Å². The largest absolute Gasteiger partial charge is 0.361 e. The van der Waals surface area contributed by atoms with Gasteiger partial charge in [-0.05, 0) is 23.6 Å². The Kier molecular flexibility index (Phi) is 4.87. The van der Waals surface area contributed by atoms with Gasteiger partial charge >= 0.3 is 0 Å². The molecule has 1 aromatic carbocycles. The van der Waals surface area contributed by atoms with E-state index < -0.39 is 8.07 Å². The third-order valence-corrected chi connectivity index (χ3v) is 6.04. The predicted octanol–water partition coefficient (Wildman–Crippen LogP) is 3.76. The highest BCUT2D eigenvalue weighted by molar-refractivity contribution is 6.76. The SMILES string of the molecule is C[Si](C)(C)CCOCn1ccnc1N1CCc2ccccc2C1. The number of hydrogen-bond donors (Lipinski definition) is 0. The Hall–Kier alpha value is -1.59. The van der Waals surface area contributed by atoms with Crippen molar-refractivity contribution >= 4 is 14.0 Å². The van der Waals surface area contributed by atoms with Crippen molar-refractivity contribution in [2.75, 3.05) is 18.1 Å². The number of rotatable bonds is 6. The lowest BCUT2D eigenvalue weighted by molar-refractivity contribution is 0.0878. The minimum absolute atomic E-state index is 0.595. The zero-order valence-electron chi connectivity index (χ0n) is 14.5. The molecule has 0 unspecified atom stereocenters. The molecular formula is C18H27N3OSi. The van der Waals surface area contributed by atoms with Crippen molar-refractivity contribution in [3.05, 3.63) is 47.8 Å². The predicted molar refractivity (Wildman–Crippen MR) is 97.5 cm³/mol. The molecule has 2 heterocycles. The molecule has 1 aliphatic heterocycles. The summed E-state index contributed by atoms with van der Waals surface area (Å²) in [6.07, 6.45) is 4.97. The number of anilines is 1. The van der Waals surface area contributed by atoms with Crippen LogP contribution in [0.4, 0.5) is 5.95 Å². The highest BCUT2D eigenvalue weighted by Crippen LogP contribution is 2.23. The molecule has 0 amide bonds. The molecule has 5 heteroatoms. The second-order valence-electron chi connectivity index (χ2n) is 7.49. The standard InChI is InChI=1S/C18H27N3OSi/c1-23(2,3)13-12-22-15-21-11-9-19-18(21)20-10-8-16-6-4-5-7-17(16)14-20/h4-7,9,11H,8,10,12-15H2,1-3H3. The molecule has 3 rings (SSSR count). The van der Waals surface area contributed by atoms with Gasteiger partial charge < -0.3 is 9.64 Å². The number of fused-ring (bicyclic) bond motifs is 1. The van der Waals surface area contributed by atoms with E-state index in [0.717, 1.165) is 32.1 Å². The molecule has 0 saturated heterocycles. The molecular weight excluding hydrogens is 302 g/mol.